The summed E-state index contributed by atoms with van der Waals surface area (Å²) in [7, 11) is 0. The van der Waals surface area contributed by atoms with Crippen molar-refractivity contribution in [1.29, 1.82) is 0 Å². The van der Waals surface area contributed by atoms with Gasteiger partial charge < -0.3 is 14.6 Å². The molecule has 1 unspecified atom stereocenters. The van der Waals surface area contributed by atoms with Crippen LogP contribution in [0.15, 0.2) is 71.3 Å². The molecule has 2 heterocycles. The third kappa shape index (κ3) is 5.05. The number of carbonyl (C=O) groups excluding carboxylic acids is 1. The van der Waals surface area contributed by atoms with Crippen molar-refractivity contribution in [3.63, 3.8) is 0 Å². The number of halogens is 3. The molecular weight excluding hydrogens is 451 g/mol. The van der Waals surface area contributed by atoms with Crippen LogP contribution < -0.4 is 10.2 Å². The molecule has 7 nitrogen and oxygen atoms in total. The summed E-state index contributed by atoms with van der Waals surface area (Å²) in [5, 5.41) is 14.5. The fraction of sp³-hybridized carbons (Fsp3) is 0.292. The van der Waals surface area contributed by atoms with Crippen LogP contribution in [0.5, 0.6) is 0 Å². The zero-order valence-corrected chi connectivity index (χ0v) is 18.0. The number of nitrogens with zero attached hydrogens (tertiary/aromatic N) is 2. The lowest BCUT2D eigenvalue weighted by Crippen LogP contribution is -2.42. The summed E-state index contributed by atoms with van der Waals surface area (Å²) in [6, 6.07) is 15.0. The molecule has 1 N–H and O–H groups in total. The second kappa shape index (κ2) is 9.58. The fourth-order valence-electron chi connectivity index (χ4n) is 4.18. The van der Waals surface area contributed by atoms with Crippen molar-refractivity contribution in [2.45, 2.75) is 25.1 Å². The van der Waals surface area contributed by atoms with E-state index >= 15 is 0 Å². The van der Waals surface area contributed by atoms with Gasteiger partial charge in [0.05, 0.1) is 16.7 Å². The number of nitro benzene ring substituents is 1. The van der Waals surface area contributed by atoms with Crippen molar-refractivity contribution in [3.05, 3.63) is 93.9 Å². The first kappa shape index (κ1) is 23.3. The largest absolute Gasteiger partial charge is 0.467 e. The van der Waals surface area contributed by atoms with E-state index in [-0.39, 0.29) is 17.5 Å². The van der Waals surface area contributed by atoms with E-state index in [4.69, 9.17) is 4.42 Å². The Labute approximate surface area is 193 Å². The normalized spacial score (nSPS) is 15.7. The number of nitro groups is 1. The van der Waals surface area contributed by atoms with E-state index in [2.05, 4.69) is 5.32 Å². The molecule has 34 heavy (non-hydrogen) atoms. The molecule has 4 rings (SSSR count). The first-order valence-electron chi connectivity index (χ1n) is 10.7. The lowest BCUT2D eigenvalue weighted by atomic mass is 9.94. The lowest BCUT2D eigenvalue weighted by molar-refractivity contribution is -0.384. The number of anilines is 1. The van der Waals surface area contributed by atoms with Crippen LogP contribution in [0.1, 0.15) is 35.8 Å². The highest BCUT2D eigenvalue weighted by Crippen LogP contribution is 2.38. The second-order valence-corrected chi connectivity index (χ2v) is 8.09. The summed E-state index contributed by atoms with van der Waals surface area (Å²) in [5.41, 5.74) is -0.681. The van der Waals surface area contributed by atoms with Gasteiger partial charge >= 0.3 is 6.18 Å². The Morgan fingerprint density at radius 1 is 1.09 bits per heavy atom. The van der Waals surface area contributed by atoms with Crippen molar-refractivity contribution in [2.75, 3.05) is 18.0 Å². The molecule has 0 aliphatic carbocycles. The van der Waals surface area contributed by atoms with Gasteiger partial charge in [-0.25, -0.2) is 0 Å². The predicted octanol–water partition coefficient (Wildman–Crippen LogP) is 5.33. The van der Waals surface area contributed by atoms with Crippen LogP contribution in [0.4, 0.5) is 24.5 Å². The fourth-order valence-corrected chi connectivity index (χ4v) is 4.18. The Kier molecular flexibility index (Phi) is 6.58. The van der Waals surface area contributed by atoms with Crippen LogP contribution >= 0.6 is 0 Å². The van der Waals surface area contributed by atoms with Gasteiger partial charge in [0.15, 0.2) is 0 Å². The maximum absolute atomic E-state index is 13.0. The van der Waals surface area contributed by atoms with Crippen LogP contribution in [0.25, 0.3) is 0 Å². The van der Waals surface area contributed by atoms with Gasteiger partial charge in [-0.2, -0.15) is 13.2 Å². The summed E-state index contributed by atoms with van der Waals surface area (Å²) in [4.78, 5) is 25.3. The number of alkyl halides is 3. The van der Waals surface area contributed by atoms with Crippen LogP contribution in [-0.4, -0.2) is 23.9 Å². The molecule has 1 amide bonds. The predicted molar refractivity (Wildman–Crippen MR) is 118 cm³/mol. The van der Waals surface area contributed by atoms with Crippen LogP contribution in [0.2, 0.25) is 0 Å². The second-order valence-electron chi connectivity index (χ2n) is 8.09. The molecule has 0 radical (unpaired) electrons. The molecule has 1 atom stereocenters. The van der Waals surface area contributed by atoms with E-state index in [1.165, 1.54) is 6.26 Å². The van der Waals surface area contributed by atoms with Crippen molar-refractivity contribution < 1.29 is 27.3 Å². The van der Waals surface area contributed by atoms with E-state index in [0.29, 0.717) is 37.8 Å². The highest BCUT2D eigenvalue weighted by molar-refractivity contribution is 5.80. The third-order valence-electron chi connectivity index (χ3n) is 5.95. The number of carbonyl (C=O) groups is 1. The molecule has 3 aromatic rings. The summed E-state index contributed by atoms with van der Waals surface area (Å²) < 4.78 is 44.5. The minimum Gasteiger partial charge on any atom is -0.467 e. The van der Waals surface area contributed by atoms with Crippen molar-refractivity contribution in [3.8, 4) is 0 Å². The molecule has 0 saturated carbocycles. The number of rotatable bonds is 6. The SMILES string of the molecule is O=C(NC(c1ccccc1)c1ccco1)C1CCN(c2ccc(C(F)(F)F)cc2[N+](=O)[O-])CC1. The van der Waals surface area contributed by atoms with E-state index in [1.54, 1.807) is 17.0 Å². The summed E-state index contributed by atoms with van der Waals surface area (Å²) in [6.07, 6.45) is -2.32. The van der Waals surface area contributed by atoms with Gasteiger partial charge in [-0.3, -0.25) is 14.9 Å². The maximum atomic E-state index is 13.0. The average molecular weight is 473 g/mol. The zero-order valence-electron chi connectivity index (χ0n) is 18.0. The number of benzene rings is 2. The van der Waals surface area contributed by atoms with Gasteiger partial charge in [0.1, 0.15) is 17.5 Å². The summed E-state index contributed by atoms with van der Waals surface area (Å²) in [5.74, 6) is 0.0788. The molecular formula is C24H22F3N3O4. The molecule has 1 fully saturated rings. The molecule has 0 spiro atoms. The van der Waals surface area contributed by atoms with E-state index in [0.717, 1.165) is 17.7 Å². The Hall–Kier alpha value is -3.82. The van der Waals surface area contributed by atoms with Gasteiger partial charge in [0.2, 0.25) is 5.91 Å². The van der Waals surface area contributed by atoms with Crippen LogP contribution in [0, 0.1) is 16.0 Å². The smallest absolute Gasteiger partial charge is 0.416 e. The highest BCUT2D eigenvalue weighted by Gasteiger charge is 2.35. The quantitative estimate of drug-likeness (QED) is 0.386. The molecule has 2 aromatic carbocycles. The molecule has 10 heteroatoms. The van der Waals surface area contributed by atoms with Crippen LogP contribution in [0.3, 0.4) is 0 Å². The number of nitrogens with one attached hydrogen (secondary N) is 1. The lowest BCUT2D eigenvalue weighted by Gasteiger charge is -2.33. The van der Waals surface area contributed by atoms with E-state index in [1.807, 2.05) is 30.3 Å². The topological polar surface area (TPSA) is 88.6 Å². The Bertz CT molecular complexity index is 1140. The van der Waals surface area contributed by atoms with Crippen molar-refractivity contribution in [2.24, 2.45) is 5.92 Å². The Morgan fingerprint density at radius 3 is 2.38 bits per heavy atom. The average Bonchev–Trinajstić information content (AvgIpc) is 3.37. The standard InChI is InChI=1S/C24H22F3N3O4/c25-24(26,27)18-8-9-19(20(15-18)30(32)33)29-12-10-17(11-13-29)23(31)28-22(21-7-4-14-34-21)16-5-2-1-3-6-16/h1-9,14-15,17,22H,10-13H2,(H,28,31). The number of amides is 1. The molecule has 1 aromatic heterocycles. The maximum Gasteiger partial charge on any atom is 0.416 e. The molecule has 0 bridgehead atoms. The van der Waals surface area contributed by atoms with E-state index in [9.17, 15) is 28.1 Å². The number of furan rings is 1. The van der Waals surface area contributed by atoms with Gasteiger partial charge in [-0.1, -0.05) is 30.3 Å². The number of hydrogen-bond donors (Lipinski definition) is 1. The van der Waals surface area contributed by atoms with Crippen molar-refractivity contribution >= 4 is 17.3 Å². The summed E-state index contributed by atoms with van der Waals surface area (Å²) >= 11 is 0. The monoisotopic (exact) mass is 473 g/mol. The van der Waals surface area contributed by atoms with E-state index < -0.39 is 28.4 Å². The number of piperidine rings is 1. The van der Waals surface area contributed by atoms with Crippen LogP contribution in [-0.2, 0) is 11.0 Å². The Morgan fingerprint density at radius 2 is 1.79 bits per heavy atom. The summed E-state index contributed by atoms with van der Waals surface area (Å²) in [6.45, 7) is 0.613. The molecule has 1 aliphatic rings. The van der Waals surface area contributed by atoms with Crippen molar-refractivity contribution in [1.82, 2.24) is 5.32 Å². The minimum atomic E-state index is -4.67. The number of hydrogen-bond acceptors (Lipinski definition) is 5. The minimum absolute atomic E-state index is 0.120. The molecule has 178 valence electrons. The Balaban J connectivity index is 1.45. The zero-order chi connectivity index (χ0) is 24.3. The third-order valence-corrected chi connectivity index (χ3v) is 5.95. The van der Waals surface area contributed by atoms with Gasteiger partial charge in [0.25, 0.3) is 5.69 Å². The highest BCUT2D eigenvalue weighted by atomic mass is 19.4. The van der Waals surface area contributed by atoms with Gasteiger partial charge in [-0.05, 0) is 42.7 Å². The first-order valence-corrected chi connectivity index (χ1v) is 10.7. The molecule has 1 aliphatic heterocycles. The van der Waals surface area contributed by atoms with Gasteiger partial charge in [0, 0.05) is 25.1 Å². The molecule has 1 saturated heterocycles. The van der Waals surface area contributed by atoms with Gasteiger partial charge in [-0.15, -0.1) is 0 Å². The first-order chi connectivity index (χ1) is 16.2.